The lowest BCUT2D eigenvalue weighted by Crippen LogP contribution is -2.22. The SMILES string of the molecule is O=C(O)c1cccc(C2CCCN2c2cccc(Oc3ccccc3)c2)c1. The Hall–Kier alpha value is -3.27. The van der Waals surface area contributed by atoms with Crippen molar-refractivity contribution in [3.05, 3.63) is 90.0 Å². The molecular formula is C23H21NO3. The molecule has 1 N–H and O–H groups in total. The number of ether oxygens (including phenoxy) is 1. The molecule has 0 bridgehead atoms. The number of para-hydroxylation sites is 1. The second-order valence-corrected chi connectivity index (χ2v) is 6.69. The van der Waals surface area contributed by atoms with Gasteiger partial charge >= 0.3 is 5.97 Å². The normalized spacial score (nSPS) is 16.3. The molecule has 4 heteroatoms. The van der Waals surface area contributed by atoms with Gasteiger partial charge in [0, 0.05) is 18.3 Å². The Morgan fingerprint density at radius 2 is 1.70 bits per heavy atom. The van der Waals surface area contributed by atoms with E-state index in [1.165, 1.54) is 0 Å². The van der Waals surface area contributed by atoms with E-state index in [1.54, 1.807) is 12.1 Å². The summed E-state index contributed by atoms with van der Waals surface area (Å²) in [6, 6.07) is 25.2. The molecule has 1 heterocycles. The second-order valence-electron chi connectivity index (χ2n) is 6.69. The van der Waals surface area contributed by atoms with Crippen molar-refractivity contribution >= 4 is 11.7 Å². The monoisotopic (exact) mass is 359 g/mol. The van der Waals surface area contributed by atoms with Crippen LogP contribution in [-0.2, 0) is 0 Å². The maximum absolute atomic E-state index is 11.3. The largest absolute Gasteiger partial charge is 0.478 e. The molecule has 1 aliphatic heterocycles. The highest BCUT2D eigenvalue weighted by molar-refractivity contribution is 5.87. The lowest BCUT2D eigenvalue weighted by atomic mass is 10.0. The van der Waals surface area contributed by atoms with Gasteiger partial charge in [-0.05, 0) is 54.8 Å². The smallest absolute Gasteiger partial charge is 0.335 e. The summed E-state index contributed by atoms with van der Waals surface area (Å²) in [5.74, 6) is 0.713. The van der Waals surface area contributed by atoms with Crippen LogP contribution in [0.3, 0.4) is 0 Å². The van der Waals surface area contributed by atoms with Gasteiger partial charge in [0.25, 0.3) is 0 Å². The minimum absolute atomic E-state index is 0.177. The standard InChI is InChI=1S/C23H21NO3/c25-23(26)18-8-4-7-17(15-18)22-13-6-14-24(22)19-9-5-12-21(16-19)27-20-10-2-1-3-11-20/h1-5,7-12,15-16,22H,6,13-14H2,(H,25,26). The fraction of sp³-hybridized carbons (Fsp3) is 0.174. The van der Waals surface area contributed by atoms with Crippen LogP contribution in [0.1, 0.15) is 34.8 Å². The average Bonchev–Trinajstić information content (AvgIpc) is 3.19. The molecule has 0 spiro atoms. The minimum atomic E-state index is -0.889. The van der Waals surface area contributed by atoms with Gasteiger partial charge in [-0.1, -0.05) is 36.4 Å². The van der Waals surface area contributed by atoms with Crippen molar-refractivity contribution in [3.8, 4) is 11.5 Å². The van der Waals surface area contributed by atoms with E-state index in [1.807, 2.05) is 60.7 Å². The molecule has 0 aliphatic carbocycles. The molecule has 4 rings (SSSR count). The van der Waals surface area contributed by atoms with E-state index in [4.69, 9.17) is 4.74 Å². The van der Waals surface area contributed by atoms with Crippen LogP contribution in [0.15, 0.2) is 78.9 Å². The molecular weight excluding hydrogens is 338 g/mol. The molecule has 0 saturated carbocycles. The highest BCUT2D eigenvalue weighted by Gasteiger charge is 2.27. The topological polar surface area (TPSA) is 49.8 Å². The van der Waals surface area contributed by atoms with Gasteiger partial charge in [-0.15, -0.1) is 0 Å². The summed E-state index contributed by atoms with van der Waals surface area (Å²) in [7, 11) is 0. The van der Waals surface area contributed by atoms with Gasteiger partial charge < -0.3 is 14.7 Å². The number of hydrogen-bond acceptors (Lipinski definition) is 3. The zero-order valence-electron chi connectivity index (χ0n) is 14.9. The van der Waals surface area contributed by atoms with Crippen molar-refractivity contribution in [3.63, 3.8) is 0 Å². The molecule has 136 valence electrons. The number of rotatable bonds is 5. The highest BCUT2D eigenvalue weighted by atomic mass is 16.5. The fourth-order valence-electron chi connectivity index (χ4n) is 3.65. The lowest BCUT2D eigenvalue weighted by molar-refractivity contribution is 0.0696. The number of anilines is 1. The van der Waals surface area contributed by atoms with Gasteiger partial charge in [0.05, 0.1) is 11.6 Å². The third-order valence-corrected chi connectivity index (χ3v) is 4.90. The van der Waals surface area contributed by atoms with E-state index in [0.717, 1.165) is 42.1 Å². The summed E-state index contributed by atoms with van der Waals surface area (Å²) in [6.45, 7) is 0.941. The van der Waals surface area contributed by atoms with Crippen LogP contribution in [0, 0.1) is 0 Å². The van der Waals surface area contributed by atoms with Crippen LogP contribution in [0.25, 0.3) is 0 Å². The van der Waals surface area contributed by atoms with E-state index in [2.05, 4.69) is 11.0 Å². The second kappa shape index (κ2) is 7.54. The van der Waals surface area contributed by atoms with Crippen LogP contribution in [-0.4, -0.2) is 17.6 Å². The quantitative estimate of drug-likeness (QED) is 0.652. The van der Waals surface area contributed by atoms with E-state index in [0.29, 0.717) is 5.56 Å². The molecule has 4 nitrogen and oxygen atoms in total. The lowest BCUT2D eigenvalue weighted by Gasteiger charge is -2.27. The number of aromatic carboxylic acids is 1. The number of nitrogens with zero attached hydrogens (tertiary/aromatic N) is 1. The molecule has 0 radical (unpaired) electrons. The summed E-state index contributed by atoms with van der Waals surface area (Å²) < 4.78 is 5.97. The van der Waals surface area contributed by atoms with Crippen molar-refractivity contribution in [1.29, 1.82) is 0 Å². The van der Waals surface area contributed by atoms with Gasteiger partial charge in [0.2, 0.25) is 0 Å². The van der Waals surface area contributed by atoms with Crippen molar-refractivity contribution in [2.45, 2.75) is 18.9 Å². The Morgan fingerprint density at radius 3 is 2.52 bits per heavy atom. The summed E-state index contributed by atoms with van der Waals surface area (Å²) in [5.41, 5.74) is 2.47. The zero-order valence-corrected chi connectivity index (χ0v) is 14.9. The summed E-state index contributed by atoms with van der Waals surface area (Å²) >= 11 is 0. The third-order valence-electron chi connectivity index (χ3n) is 4.90. The first-order valence-electron chi connectivity index (χ1n) is 9.13. The number of benzene rings is 3. The summed E-state index contributed by atoms with van der Waals surface area (Å²) in [4.78, 5) is 13.6. The van der Waals surface area contributed by atoms with Gasteiger partial charge in [-0.2, -0.15) is 0 Å². The van der Waals surface area contributed by atoms with Crippen LogP contribution < -0.4 is 9.64 Å². The predicted octanol–water partition coefficient (Wildman–Crippen LogP) is 5.52. The van der Waals surface area contributed by atoms with Crippen LogP contribution >= 0.6 is 0 Å². The van der Waals surface area contributed by atoms with Gasteiger partial charge in [-0.25, -0.2) is 4.79 Å². The van der Waals surface area contributed by atoms with E-state index in [-0.39, 0.29) is 6.04 Å². The van der Waals surface area contributed by atoms with Crippen molar-refractivity contribution < 1.29 is 14.6 Å². The predicted molar refractivity (Wildman–Crippen MR) is 106 cm³/mol. The van der Waals surface area contributed by atoms with Gasteiger partial charge in [0.15, 0.2) is 0 Å². The Balaban J connectivity index is 1.60. The molecule has 3 aromatic carbocycles. The number of carboxylic acids is 1. The number of carbonyl (C=O) groups is 1. The first kappa shape index (κ1) is 17.2. The Bertz CT molecular complexity index is 939. The fourth-order valence-corrected chi connectivity index (χ4v) is 3.65. The van der Waals surface area contributed by atoms with Crippen molar-refractivity contribution in [2.75, 3.05) is 11.4 Å². The molecule has 1 fully saturated rings. The summed E-state index contributed by atoms with van der Waals surface area (Å²) in [6.07, 6.45) is 2.08. The number of carboxylic acid groups (broad SMARTS) is 1. The van der Waals surface area contributed by atoms with Gasteiger partial charge in [0.1, 0.15) is 11.5 Å². The molecule has 0 amide bonds. The Kier molecular flexibility index (Phi) is 4.79. The molecule has 1 saturated heterocycles. The molecule has 1 atom stereocenters. The highest BCUT2D eigenvalue weighted by Crippen LogP contribution is 2.38. The first-order chi connectivity index (χ1) is 13.2. The zero-order chi connectivity index (χ0) is 18.6. The molecule has 1 unspecified atom stereocenters. The van der Waals surface area contributed by atoms with Crippen molar-refractivity contribution in [2.24, 2.45) is 0 Å². The van der Waals surface area contributed by atoms with E-state index < -0.39 is 5.97 Å². The molecule has 27 heavy (non-hydrogen) atoms. The first-order valence-corrected chi connectivity index (χ1v) is 9.13. The van der Waals surface area contributed by atoms with Crippen LogP contribution in [0.2, 0.25) is 0 Å². The van der Waals surface area contributed by atoms with Crippen LogP contribution in [0.4, 0.5) is 5.69 Å². The Morgan fingerprint density at radius 1 is 0.926 bits per heavy atom. The molecule has 0 aromatic heterocycles. The Labute approximate surface area is 158 Å². The molecule has 1 aliphatic rings. The number of hydrogen-bond donors (Lipinski definition) is 1. The van der Waals surface area contributed by atoms with Crippen LogP contribution in [0.5, 0.6) is 11.5 Å². The van der Waals surface area contributed by atoms with E-state index >= 15 is 0 Å². The maximum Gasteiger partial charge on any atom is 0.335 e. The maximum atomic E-state index is 11.3. The van der Waals surface area contributed by atoms with E-state index in [9.17, 15) is 9.90 Å². The van der Waals surface area contributed by atoms with Crippen molar-refractivity contribution in [1.82, 2.24) is 0 Å². The molecule has 3 aromatic rings. The minimum Gasteiger partial charge on any atom is -0.478 e. The third kappa shape index (κ3) is 3.80. The average molecular weight is 359 g/mol. The van der Waals surface area contributed by atoms with Gasteiger partial charge in [-0.3, -0.25) is 0 Å². The summed E-state index contributed by atoms with van der Waals surface area (Å²) in [5, 5.41) is 9.28.